The molecule has 0 spiro atoms. The van der Waals surface area contributed by atoms with Crippen LogP contribution in [0.2, 0.25) is 0 Å². The van der Waals surface area contributed by atoms with Crippen LogP contribution in [0.15, 0.2) is 6.33 Å². The fourth-order valence-electron chi connectivity index (χ4n) is 3.35. The van der Waals surface area contributed by atoms with E-state index >= 15 is 0 Å². The Kier molecular flexibility index (Phi) is 2.32. The lowest BCUT2D eigenvalue weighted by Crippen LogP contribution is -2.28. The summed E-state index contributed by atoms with van der Waals surface area (Å²) in [5.74, 6) is 0. The van der Waals surface area contributed by atoms with Crippen LogP contribution >= 0.6 is 0 Å². The largest absolute Gasteiger partial charge is 0.331 e. The Bertz CT molecular complexity index is 392. The van der Waals surface area contributed by atoms with Gasteiger partial charge in [-0.2, -0.15) is 0 Å². The van der Waals surface area contributed by atoms with Crippen LogP contribution in [0.3, 0.4) is 0 Å². The van der Waals surface area contributed by atoms with Gasteiger partial charge in [-0.3, -0.25) is 0 Å². The van der Waals surface area contributed by atoms with Crippen molar-refractivity contribution >= 4 is 0 Å². The fourth-order valence-corrected chi connectivity index (χ4v) is 3.35. The molecule has 1 aliphatic carbocycles. The van der Waals surface area contributed by atoms with E-state index in [9.17, 15) is 0 Å². The minimum absolute atomic E-state index is 0.444. The first kappa shape index (κ1) is 10.3. The van der Waals surface area contributed by atoms with E-state index in [1.165, 1.54) is 30.7 Å². The van der Waals surface area contributed by atoms with Gasteiger partial charge >= 0.3 is 0 Å². The molecule has 88 valence electrons. The van der Waals surface area contributed by atoms with E-state index in [-0.39, 0.29) is 0 Å². The number of fused-ring (bicyclic) bond motifs is 1. The monoisotopic (exact) mass is 219 g/mol. The van der Waals surface area contributed by atoms with Gasteiger partial charge < -0.3 is 9.88 Å². The van der Waals surface area contributed by atoms with Crippen molar-refractivity contribution in [2.24, 2.45) is 5.41 Å². The van der Waals surface area contributed by atoms with Gasteiger partial charge in [0.1, 0.15) is 0 Å². The minimum atomic E-state index is 0.444. The second-order valence-corrected chi connectivity index (χ2v) is 5.87. The van der Waals surface area contributed by atoms with Gasteiger partial charge in [-0.1, -0.05) is 20.3 Å². The summed E-state index contributed by atoms with van der Waals surface area (Å²) >= 11 is 0. The first-order valence-electron chi connectivity index (χ1n) is 6.44. The maximum atomic E-state index is 4.57. The highest BCUT2D eigenvalue weighted by molar-refractivity contribution is 5.18. The van der Waals surface area contributed by atoms with E-state index in [0.29, 0.717) is 11.5 Å². The summed E-state index contributed by atoms with van der Waals surface area (Å²) in [6, 6.07) is 0.668. The first-order chi connectivity index (χ1) is 7.68. The number of hydrogen-bond donors (Lipinski definition) is 1. The van der Waals surface area contributed by atoms with Crippen LogP contribution in [-0.2, 0) is 13.0 Å². The van der Waals surface area contributed by atoms with Crippen LogP contribution in [0.1, 0.15) is 50.5 Å². The van der Waals surface area contributed by atoms with Crippen molar-refractivity contribution in [2.45, 2.75) is 52.1 Å². The van der Waals surface area contributed by atoms with E-state index in [1.807, 2.05) is 0 Å². The molecule has 1 aliphatic heterocycles. The molecule has 1 atom stereocenters. The van der Waals surface area contributed by atoms with Gasteiger partial charge in [0.05, 0.1) is 12.0 Å². The molecule has 3 nitrogen and oxygen atoms in total. The van der Waals surface area contributed by atoms with Crippen molar-refractivity contribution < 1.29 is 0 Å². The molecule has 0 aromatic carbocycles. The Hall–Kier alpha value is -0.830. The second kappa shape index (κ2) is 3.59. The van der Waals surface area contributed by atoms with Gasteiger partial charge in [-0.05, 0) is 18.3 Å². The van der Waals surface area contributed by atoms with Crippen molar-refractivity contribution in [2.75, 3.05) is 6.54 Å². The molecule has 1 N–H and O–H groups in total. The Balaban J connectivity index is 1.97. The molecule has 1 aromatic rings. The molecule has 1 unspecified atom stereocenters. The molecule has 2 aliphatic rings. The average molecular weight is 219 g/mol. The maximum absolute atomic E-state index is 4.57. The first-order valence-corrected chi connectivity index (χ1v) is 6.44. The highest BCUT2D eigenvalue weighted by Crippen LogP contribution is 2.46. The van der Waals surface area contributed by atoms with Crippen molar-refractivity contribution in [1.29, 1.82) is 0 Å². The van der Waals surface area contributed by atoms with Crippen LogP contribution in [-0.4, -0.2) is 16.1 Å². The van der Waals surface area contributed by atoms with Crippen LogP contribution in [0.25, 0.3) is 0 Å². The third kappa shape index (κ3) is 1.49. The number of nitrogens with one attached hydrogen (secondary N) is 1. The smallest absolute Gasteiger partial charge is 0.0955 e. The summed E-state index contributed by atoms with van der Waals surface area (Å²) in [6.45, 7) is 6.86. The van der Waals surface area contributed by atoms with Crippen LogP contribution in [0, 0.1) is 5.41 Å². The van der Waals surface area contributed by atoms with E-state index in [2.05, 4.69) is 35.0 Å². The van der Waals surface area contributed by atoms with E-state index in [4.69, 9.17) is 0 Å². The highest BCUT2D eigenvalue weighted by Gasteiger charge is 2.37. The maximum Gasteiger partial charge on any atom is 0.0955 e. The lowest BCUT2D eigenvalue weighted by atomic mass is 9.87. The zero-order valence-electron chi connectivity index (χ0n) is 10.3. The summed E-state index contributed by atoms with van der Waals surface area (Å²) in [5.41, 5.74) is 3.20. The predicted molar refractivity (Wildman–Crippen MR) is 64.3 cm³/mol. The SMILES string of the molecule is CC1(C)CCCC1n1cnc2c1CCNC2. The van der Waals surface area contributed by atoms with Crippen LogP contribution in [0.5, 0.6) is 0 Å². The zero-order valence-corrected chi connectivity index (χ0v) is 10.3. The molecular weight excluding hydrogens is 198 g/mol. The molecule has 0 amide bonds. The third-order valence-corrected chi connectivity index (χ3v) is 4.35. The van der Waals surface area contributed by atoms with Crippen LogP contribution < -0.4 is 5.32 Å². The number of rotatable bonds is 1. The normalized spacial score (nSPS) is 28.0. The summed E-state index contributed by atoms with van der Waals surface area (Å²) in [5, 5.41) is 3.39. The second-order valence-electron chi connectivity index (χ2n) is 5.87. The molecule has 3 heteroatoms. The van der Waals surface area contributed by atoms with Crippen LogP contribution in [0.4, 0.5) is 0 Å². The van der Waals surface area contributed by atoms with Crippen molar-refractivity contribution in [3.05, 3.63) is 17.7 Å². The molecule has 3 rings (SSSR count). The zero-order chi connectivity index (χ0) is 11.2. The van der Waals surface area contributed by atoms with Gasteiger partial charge in [-0.25, -0.2) is 4.98 Å². The minimum Gasteiger partial charge on any atom is -0.331 e. The van der Waals surface area contributed by atoms with Gasteiger partial charge in [-0.15, -0.1) is 0 Å². The molecule has 1 saturated carbocycles. The molecule has 0 bridgehead atoms. The topological polar surface area (TPSA) is 29.9 Å². The average Bonchev–Trinajstić information content (AvgIpc) is 2.81. The Morgan fingerprint density at radius 1 is 1.50 bits per heavy atom. The standard InChI is InChI=1S/C13H21N3/c1-13(2)6-3-4-12(13)16-9-15-10-8-14-7-5-11(10)16/h9,12,14H,3-8H2,1-2H3. The molecule has 16 heavy (non-hydrogen) atoms. The summed E-state index contributed by atoms with van der Waals surface area (Å²) < 4.78 is 2.48. The number of nitrogens with zero attached hydrogens (tertiary/aromatic N) is 2. The van der Waals surface area contributed by atoms with E-state index < -0.39 is 0 Å². The third-order valence-electron chi connectivity index (χ3n) is 4.35. The highest BCUT2D eigenvalue weighted by atomic mass is 15.1. The summed E-state index contributed by atoms with van der Waals surface area (Å²) in [4.78, 5) is 4.57. The Labute approximate surface area is 97.3 Å². The fraction of sp³-hybridized carbons (Fsp3) is 0.769. The van der Waals surface area contributed by atoms with Gasteiger partial charge in [0.15, 0.2) is 0 Å². The molecule has 2 heterocycles. The molecule has 1 aromatic heterocycles. The van der Waals surface area contributed by atoms with Crippen molar-refractivity contribution in [1.82, 2.24) is 14.9 Å². The Morgan fingerprint density at radius 2 is 2.38 bits per heavy atom. The number of imidazole rings is 1. The summed E-state index contributed by atoms with van der Waals surface area (Å²) in [6.07, 6.45) is 7.26. The molecular formula is C13H21N3. The van der Waals surface area contributed by atoms with Gasteiger partial charge in [0.2, 0.25) is 0 Å². The lowest BCUT2D eigenvalue weighted by molar-refractivity contribution is 0.255. The summed E-state index contributed by atoms with van der Waals surface area (Å²) in [7, 11) is 0. The quantitative estimate of drug-likeness (QED) is 0.785. The van der Waals surface area contributed by atoms with Crippen molar-refractivity contribution in [3.8, 4) is 0 Å². The number of aromatic nitrogens is 2. The molecule has 1 fully saturated rings. The van der Waals surface area contributed by atoms with Crippen molar-refractivity contribution in [3.63, 3.8) is 0 Å². The van der Waals surface area contributed by atoms with E-state index in [0.717, 1.165) is 19.5 Å². The number of hydrogen-bond acceptors (Lipinski definition) is 2. The predicted octanol–water partition coefficient (Wildman–Crippen LogP) is 2.28. The molecule has 0 saturated heterocycles. The van der Waals surface area contributed by atoms with E-state index in [1.54, 1.807) is 0 Å². The Morgan fingerprint density at radius 3 is 3.12 bits per heavy atom. The van der Waals surface area contributed by atoms with Gasteiger partial charge in [0, 0.05) is 31.2 Å². The lowest BCUT2D eigenvalue weighted by Gasteiger charge is -2.30. The van der Waals surface area contributed by atoms with Gasteiger partial charge in [0.25, 0.3) is 0 Å². The molecule has 0 radical (unpaired) electrons.